The summed E-state index contributed by atoms with van der Waals surface area (Å²) in [6.45, 7) is 9.73. The summed E-state index contributed by atoms with van der Waals surface area (Å²) < 4.78 is 28.9. The van der Waals surface area contributed by atoms with Crippen LogP contribution in [-0.2, 0) is 0 Å². The molecular formula is C29H34ClF2N5O2. The first-order chi connectivity index (χ1) is 18.7. The van der Waals surface area contributed by atoms with Gasteiger partial charge < -0.3 is 14.9 Å². The van der Waals surface area contributed by atoms with Gasteiger partial charge in [-0.2, -0.15) is 5.10 Å². The number of halogens is 3. The summed E-state index contributed by atoms with van der Waals surface area (Å²) in [6, 6.07) is 13.9. The maximum Gasteiger partial charge on any atom is 0.339 e. The predicted octanol–water partition coefficient (Wildman–Crippen LogP) is 6.42. The number of carbonyl (C=O) groups is 1. The number of piperidine rings is 1. The van der Waals surface area contributed by atoms with Crippen molar-refractivity contribution in [3.8, 4) is 11.1 Å². The summed E-state index contributed by atoms with van der Waals surface area (Å²) in [6.07, 6.45) is -0.521. The van der Waals surface area contributed by atoms with Crippen LogP contribution < -0.4 is 9.80 Å². The van der Waals surface area contributed by atoms with Gasteiger partial charge in [-0.05, 0) is 48.6 Å². The Balaban J connectivity index is 1.38. The van der Waals surface area contributed by atoms with Crippen LogP contribution in [0.3, 0.4) is 0 Å². The van der Waals surface area contributed by atoms with Gasteiger partial charge in [0.1, 0.15) is 11.3 Å². The van der Waals surface area contributed by atoms with E-state index >= 15 is 0 Å². The van der Waals surface area contributed by atoms with Crippen molar-refractivity contribution in [1.29, 1.82) is 0 Å². The minimum atomic E-state index is -2.93. The molecule has 0 radical (unpaired) electrons. The highest BCUT2D eigenvalue weighted by Crippen LogP contribution is 2.38. The molecule has 1 N–H and O–H groups in total. The molecule has 0 bridgehead atoms. The highest BCUT2D eigenvalue weighted by Gasteiger charge is 2.31. The predicted molar refractivity (Wildman–Crippen MR) is 150 cm³/mol. The van der Waals surface area contributed by atoms with Crippen LogP contribution in [0.2, 0.25) is 5.02 Å². The van der Waals surface area contributed by atoms with Gasteiger partial charge in [0.15, 0.2) is 0 Å². The Labute approximate surface area is 232 Å². The van der Waals surface area contributed by atoms with Crippen LogP contribution in [0, 0.1) is 5.92 Å². The Kier molecular flexibility index (Phi) is 8.09. The SMILES string of the molecule is CC(C)CN1CCN(c2ccc(-c3ccc(Cl)cc3N3CCCC(n4ncc(C(=O)O)c4C(F)F)C3)cc2)C1. The van der Waals surface area contributed by atoms with E-state index < -0.39 is 23.7 Å². The minimum Gasteiger partial charge on any atom is -0.478 e. The molecule has 39 heavy (non-hydrogen) atoms. The van der Waals surface area contributed by atoms with E-state index in [-0.39, 0.29) is 6.04 Å². The first-order valence-corrected chi connectivity index (χ1v) is 13.8. The van der Waals surface area contributed by atoms with Crippen LogP contribution >= 0.6 is 11.6 Å². The third-order valence-corrected chi connectivity index (χ3v) is 7.77. The molecule has 2 saturated heterocycles. The van der Waals surface area contributed by atoms with Crippen molar-refractivity contribution in [2.75, 3.05) is 49.2 Å². The summed E-state index contributed by atoms with van der Waals surface area (Å²) in [7, 11) is 0. The number of carboxylic acid groups (broad SMARTS) is 1. The van der Waals surface area contributed by atoms with Gasteiger partial charge in [-0.3, -0.25) is 9.58 Å². The van der Waals surface area contributed by atoms with E-state index in [1.54, 1.807) is 0 Å². The molecule has 5 rings (SSSR count). The van der Waals surface area contributed by atoms with Gasteiger partial charge in [-0.15, -0.1) is 0 Å². The van der Waals surface area contributed by atoms with E-state index in [2.05, 4.69) is 57.9 Å². The zero-order valence-corrected chi connectivity index (χ0v) is 23.0. The lowest BCUT2D eigenvalue weighted by Gasteiger charge is -2.36. The summed E-state index contributed by atoms with van der Waals surface area (Å²) in [4.78, 5) is 18.5. The van der Waals surface area contributed by atoms with Gasteiger partial charge in [0.2, 0.25) is 0 Å². The molecule has 3 heterocycles. The summed E-state index contributed by atoms with van der Waals surface area (Å²) in [5, 5.41) is 14.0. The zero-order valence-electron chi connectivity index (χ0n) is 22.2. The maximum atomic E-state index is 13.9. The van der Waals surface area contributed by atoms with Crippen LogP contribution in [-0.4, -0.2) is 65.1 Å². The van der Waals surface area contributed by atoms with Gasteiger partial charge in [0.25, 0.3) is 6.43 Å². The quantitative estimate of drug-likeness (QED) is 0.345. The van der Waals surface area contributed by atoms with Crippen molar-refractivity contribution in [2.45, 2.75) is 39.2 Å². The van der Waals surface area contributed by atoms with Crippen LogP contribution in [0.1, 0.15) is 55.2 Å². The Bertz CT molecular complexity index is 1310. The fourth-order valence-corrected chi connectivity index (χ4v) is 5.97. The molecular weight excluding hydrogens is 524 g/mol. The Morgan fingerprint density at radius 2 is 1.87 bits per heavy atom. The van der Waals surface area contributed by atoms with Crippen LogP contribution in [0.15, 0.2) is 48.7 Å². The lowest BCUT2D eigenvalue weighted by atomic mass is 9.99. The zero-order chi connectivity index (χ0) is 27.7. The number of benzene rings is 2. The molecule has 2 aromatic carbocycles. The lowest BCUT2D eigenvalue weighted by molar-refractivity contribution is 0.0681. The second-order valence-corrected chi connectivity index (χ2v) is 11.3. The number of nitrogens with zero attached hydrogens (tertiary/aromatic N) is 5. The van der Waals surface area contributed by atoms with Crippen molar-refractivity contribution in [3.05, 3.63) is 64.9 Å². The lowest BCUT2D eigenvalue weighted by Crippen LogP contribution is -2.38. The Morgan fingerprint density at radius 1 is 1.10 bits per heavy atom. The smallest absolute Gasteiger partial charge is 0.339 e. The van der Waals surface area contributed by atoms with Crippen LogP contribution in [0.5, 0.6) is 0 Å². The van der Waals surface area contributed by atoms with Gasteiger partial charge in [-0.1, -0.05) is 43.6 Å². The van der Waals surface area contributed by atoms with Crippen molar-refractivity contribution in [2.24, 2.45) is 5.92 Å². The van der Waals surface area contributed by atoms with Crippen molar-refractivity contribution in [3.63, 3.8) is 0 Å². The number of carboxylic acids is 1. The topological polar surface area (TPSA) is 64.8 Å². The molecule has 2 aliphatic rings. The van der Waals surface area contributed by atoms with Gasteiger partial charge in [-0.25, -0.2) is 13.6 Å². The van der Waals surface area contributed by atoms with E-state index in [9.17, 15) is 18.7 Å². The molecule has 1 atom stereocenters. The largest absolute Gasteiger partial charge is 0.478 e. The molecule has 3 aromatic rings. The molecule has 0 aliphatic carbocycles. The number of aromatic nitrogens is 2. The average molecular weight is 558 g/mol. The number of rotatable bonds is 8. The van der Waals surface area contributed by atoms with E-state index in [1.807, 2.05) is 18.2 Å². The standard InChI is InChI=1S/C29H34ClF2N5O2/c1-19(2)16-34-12-13-36(18-34)22-8-5-20(6-9-22)24-10-7-21(30)14-26(24)35-11-3-4-23(17-35)37-27(28(31)32)25(15-33-37)29(38)39/h5-10,14-15,19,23,28H,3-4,11-13,16-18H2,1-2H3,(H,38,39). The molecule has 1 aromatic heterocycles. The van der Waals surface area contributed by atoms with Crippen LogP contribution in [0.25, 0.3) is 11.1 Å². The van der Waals surface area contributed by atoms with E-state index in [1.165, 1.54) is 10.4 Å². The fraction of sp³-hybridized carbons (Fsp3) is 0.448. The molecule has 1 unspecified atom stereocenters. The molecule has 10 heteroatoms. The molecule has 7 nitrogen and oxygen atoms in total. The summed E-state index contributed by atoms with van der Waals surface area (Å²) >= 11 is 6.42. The molecule has 2 aliphatic heterocycles. The minimum absolute atomic E-state index is 0.381. The van der Waals surface area contributed by atoms with Crippen molar-refractivity contribution in [1.82, 2.24) is 14.7 Å². The maximum absolute atomic E-state index is 13.9. The van der Waals surface area contributed by atoms with E-state index in [4.69, 9.17) is 11.6 Å². The second kappa shape index (κ2) is 11.5. The monoisotopic (exact) mass is 557 g/mol. The van der Waals surface area contributed by atoms with Gasteiger partial charge >= 0.3 is 5.97 Å². The van der Waals surface area contributed by atoms with Gasteiger partial charge in [0, 0.05) is 54.7 Å². The number of hydrogen-bond acceptors (Lipinski definition) is 5. The Morgan fingerprint density at radius 3 is 2.56 bits per heavy atom. The summed E-state index contributed by atoms with van der Waals surface area (Å²) in [5.74, 6) is -0.758. The van der Waals surface area contributed by atoms with E-state index in [0.717, 1.165) is 62.3 Å². The average Bonchev–Trinajstić information content (AvgIpc) is 3.56. The number of alkyl halides is 2. The Hall–Kier alpha value is -3.17. The van der Waals surface area contributed by atoms with Crippen molar-refractivity contribution < 1.29 is 18.7 Å². The third kappa shape index (κ3) is 5.89. The number of hydrogen-bond donors (Lipinski definition) is 1. The highest BCUT2D eigenvalue weighted by molar-refractivity contribution is 6.31. The highest BCUT2D eigenvalue weighted by atomic mass is 35.5. The van der Waals surface area contributed by atoms with Crippen molar-refractivity contribution >= 4 is 28.9 Å². The second-order valence-electron chi connectivity index (χ2n) is 10.8. The van der Waals surface area contributed by atoms with Crippen LogP contribution in [0.4, 0.5) is 20.2 Å². The molecule has 0 saturated carbocycles. The number of anilines is 2. The molecule has 208 valence electrons. The summed E-state index contributed by atoms with van der Waals surface area (Å²) in [5.41, 5.74) is 3.18. The van der Waals surface area contributed by atoms with Gasteiger partial charge in [0.05, 0.1) is 18.9 Å². The first kappa shape index (κ1) is 27.4. The first-order valence-electron chi connectivity index (χ1n) is 13.4. The van der Waals surface area contributed by atoms with E-state index in [0.29, 0.717) is 23.9 Å². The normalized spacial score (nSPS) is 18.5. The number of aromatic carboxylic acids is 1. The molecule has 2 fully saturated rings. The molecule has 0 spiro atoms. The fourth-order valence-electron chi connectivity index (χ4n) is 5.80. The third-order valence-electron chi connectivity index (χ3n) is 7.54. The molecule has 0 amide bonds.